The summed E-state index contributed by atoms with van der Waals surface area (Å²) in [6, 6.07) is 11.3. The predicted molar refractivity (Wildman–Crippen MR) is 93.7 cm³/mol. The van der Waals surface area contributed by atoms with E-state index in [1.54, 1.807) is 0 Å². The number of likely N-dealkylation sites (N-methyl/N-ethyl adjacent to an activating group) is 1. The van der Waals surface area contributed by atoms with Crippen molar-refractivity contribution in [1.82, 2.24) is 10.2 Å². The van der Waals surface area contributed by atoms with Crippen LogP contribution in [0, 0.1) is 5.41 Å². The second-order valence-corrected chi connectivity index (χ2v) is 7.12. The van der Waals surface area contributed by atoms with Crippen molar-refractivity contribution in [1.29, 1.82) is 0 Å². The summed E-state index contributed by atoms with van der Waals surface area (Å²) in [6.07, 6.45) is 2.40. The Morgan fingerprint density at radius 3 is 2.24 bits per heavy atom. The topological polar surface area (TPSA) is 15.3 Å². The van der Waals surface area contributed by atoms with E-state index < -0.39 is 0 Å². The van der Waals surface area contributed by atoms with Crippen LogP contribution in [0.5, 0.6) is 0 Å². The fraction of sp³-hybridized carbons (Fsp3) is 0.684. The first kappa shape index (κ1) is 18.2. The van der Waals surface area contributed by atoms with Crippen molar-refractivity contribution in [3.63, 3.8) is 0 Å². The van der Waals surface area contributed by atoms with Gasteiger partial charge in [-0.05, 0) is 36.9 Å². The Labute approximate surface area is 131 Å². The average molecular weight is 290 g/mol. The quantitative estimate of drug-likeness (QED) is 0.721. The van der Waals surface area contributed by atoms with E-state index in [0.717, 1.165) is 26.1 Å². The molecule has 0 spiro atoms. The molecule has 2 heteroatoms. The van der Waals surface area contributed by atoms with E-state index in [4.69, 9.17) is 0 Å². The lowest BCUT2D eigenvalue weighted by atomic mass is 9.85. The monoisotopic (exact) mass is 290 g/mol. The lowest BCUT2D eigenvalue weighted by Gasteiger charge is -2.28. The molecule has 0 radical (unpaired) electrons. The summed E-state index contributed by atoms with van der Waals surface area (Å²) >= 11 is 0. The number of hydrogen-bond donors (Lipinski definition) is 1. The maximum absolute atomic E-state index is 3.77. The summed E-state index contributed by atoms with van der Waals surface area (Å²) in [5.41, 5.74) is 1.74. The minimum atomic E-state index is 0.335. The van der Waals surface area contributed by atoms with Crippen LogP contribution in [-0.4, -0.2) is 31.1 Å². The van der Waals surface area contributed by atoms with E-state index in [9.17, 15) is 0 Å². The smallest absolute Gasteiger partial charge is 0.0325 e. The van der Waals surface area contributed by atoms with Crippen LogP contribution >= 0.6 is 0 Å². The molecule has 0 saturated heterocycles. The molecule has 0 aliphatic rings. The molecule has 1 N–H and O–H groups in total. The maximum atomic E-state index is 3.77. The zero-order valence-corrected chi connectivity index (χ0v) is 14.7. The molecule has 0 aromatic heterocycles. The van der Waals surface area contributed by atoms with E-state index in [1.807, 2.05) is 0 Å². The number of rotatable bonds is 9. The first-order valence-electron chi connectivity index (χ1n) is 8.47. The maximum Gasteiger partial charge on any atom is 0.0325 e. The Hall–Kier alpha value is -0.860. The molecule has 0 saturated carbocycles. The van der Waals surface area contributed by atoms with Crippen molar-refractivity contribution in [3.8, 4) is 0 Å². The van der Waals surface area contributed by atoms with Gasteiger partial charge in [0, 0.05) is 19.1 Å². The zero-order valence-electron chi connectivity index (χ0n) is 14.7. The molecular formula is C19H34N2. The molecule has 0 fully saturated rings. The molecule has 120 valence electrons. The Kier molecular flexibility index (Phi) is 7.98. The van der Waals surface area contributed by atoms with E-state index in [1.165, 1.54) is 18.5 Å². The first-order chi connectivity index (χ1) is 9.96. The fourth-order valence-electron chi connectivity index (χ4n) is 2.75. The van der Waals surface area contributed by atoms with Gasteiger partial charge >= 0.3 is 0 Å². The number of nitrogens with one attached hydrogen (secondary N) is 1. The van der Waals surface area contributed by atoms with Crippen molar-refractivity contribution in [2.24, 2.45) is 5.41 Å². The SMILES string of the molecule is CCCN(CC)CCNC(CC(C)(C)C)c1ccccc1. The Morgan fingerprint density at radius 2 is 1.71 bits per heavy atom. The standard InChI is InChI=1S/C19H34N2/c1-6-14-21(7-2)15-13-20-18(16-19(3,4)5)17-11-9-8-10-12-17/h8-12,18,20H,6-7,13-16H2,1-5H3. The molecule has 1 aromatic carbocycles. The molecule has 0 amide bonds. The summed E-state index contributed by atoms with van der Waals surface area (Å²) in [5, 5.41) is 3.77. The highest BCUT2D eigenvalue weighted by molar-refractivity contribution is 5.19. The Bertz CT molecular complexity index is 367. The van der Waals surface area contributed by atoms with Crippen LogP contribution in [0.15, 0.2) is 30.3 Å². The van der Waals surface area contributed by atoms with Gasteiger partial charge in [-0.15, -0.1) is 0 Å². The van der Waals surface area contributed by atoms with E-state index >= 15 is 0 Å². The van der Waals surface area contributed by atoms with Gasteiger partial charge in [-0.25, -0.2) is 0 Å². The van der Waals surface area contributed by atoms with Gasteiger partial charge in [0.05, 0.1) is 0 Å². The van der Waals surface area contributed by atoms with Crippen molar-refractivity contribution >= 4 is 0 Å². The van der Waals surface area contributed by atoms with Gasteiger partial charge in [0.2, 0.25) is 0 Å². The van der Waals surface area contributed by atoms with Crippen LogP contribution in [0.4, 0.5) is 0 Å². The average Bonchev–Trinajstić information content (AvgIpc) is 2.45. The van der Waals surface area contributed by atoms with Gasteiger partial charge in [0.1, 0.15) is 0 Å². The van der Waals surface area contributed by atoms with Gasteiger partial charge in [0.15, 0.2) is 0 Å². The van der Waals surface area contributed by atoms with Crippen molar-refractivity contribution < 1.29 is 0 Å². The third-order valence-corrected chi connectivity index (χ3v) is 3.82. The Balaban J connectivity index is 2.58. The first-order valence-corrected chi connectivity index (χ1v) is 8.47. The predicted octanol–water partition coefficient (Wildman–Crippen LogP) is 4.49. The molecule has 1 unspecified atom stereocenters. The van der Waals surface area contributed by atoms with Crippen LogP contribution in [0.3, 0.4) is 0 Å². The van der Waals surface area contributed by atoms with E-state index in [2.05, 4.69) is 75.2 Å². The lowest BCUT2D eigenvalue weighted by molar-refractivity contribution is 0.265. The number of hydrogen-bond acceptors (Lipinski definition) is 2. The van der Waals surface area contributed by atoms with Gasteiger partial charge in [-0.3, -0.25) is 0 Å². The van der Waals surface area contributed by atoms with Crippen molar-refractivity contribution in [2.45, 2.75) is 53.5 Å². The summed E-state index contributed by atoms with van der Waals surface area (Å²) in [7, 11) is 0. The summed E-state index contributed by atoms with van der Waals surface area (Å²) in [4.78, 5) is 2.52. The summed E-state index contributed by atoms with van der Waals surface area (Å²) < 4.78 is 0. The molecule has 21 heavy (non-hydrogen) atoms. The highest BCUT2D eigenvalue weighted by atomic mass is 15.1. The molecule has 1 atom stereocenters. The molecule has 1 aromatic rings. The van der Waals surface area contributed by atoms with Crippen LogP contribution in [-0.2, 0) is 0 Å². The minimum absolute atomic E-state index is 0.335. The molecule has 0 aliphatic heterocycles. The van der Waals surface area contributed by atoms with Crippen LogP contribution < -0.4 is 5.32 Å². The molecule has 2 nitrogen and oxygen atoms in total. The molecule has 0 heterocycles. The van der Waals surface area contributed by atoms with Crippen molar-refractivity contribution in [2.75, 3.05) is 26.2 Å². The number of benzene rings is 1. The highest BCUT2D eigenvalue weighted by Crippen LogP contribution is 2.29. The second-order valence-electron chi connectivity index (χ2n) is 7.12. The normalized spacial score (nSPS) is 13.6. The fourth-order valence-corrected chi connectivity index (χ4v) is 2.75. The highest BCUT2D eigenvalue weighted by Gasteiger charge is 2.19. The van der Waals surface area contributed by atoms with Gasteiger partial charge in [-0.1, -0.05) is 65.0 Å². The molecule has 0 aliphatic carbocycles. The van der Waals surface area contributed by atoms with Crippen molar-refractivity contribution in [3.05, 3.63) is 35.9 Å². The van der Waals surface area contributed by atoms with Gasteiger partial charge in [-0.2, -0.15) is 0 Å². The molecule has 1 rings (SSSR count). The third-order valence-electron chi connectivity index (χ3n) is 3.82. The second kappa shape index (κ2) is 9.22. The summed E-state index contributed by atoms with van der Waals surface area (Å²) in [5.74, 6) is 0. The molecular weight excluding hydrogens is 256 g/mol. The van der Waals surface area contributed by atoms with Crippen LogP contribution in [0.1, 0.15) is 59.1 Å². The third kappa shape index (κ3) is 7.63. The van der Waals surface area contributed by atoms with Gasteiger partial charge in [0.25, 0.3) is 0 Å². The Morgan fingerprint density at radius 1 is 1.05 bits per heavy atom. The summed E-state index contributed by atoms with van der Waals surface area (Å²) in [6.45, 7) is 16.0. The van der Waals surface area contributed by atoms with Crippen LogP contribution in [0.2, 0.25) is 0 Å². The number of nitrogens with zero attached hydrogens (tertiary/aromatic N) is 1. The van der Waals surface area contributed by atoms with E-state index in [0.29, 0.717) is 11.5 Å². The van der Waals surface area contributed by atoms with Crippen LogP contribution in [0.25, 0.3) is 0 Å². The lowest BCUT2D eigenvalue weighted by Crippen LogP contribution is -2.35. The minimum Gasteiger partial charge on any atom is -0.309 e. The van der Waals surface area contributed by atoms with Gasteiger partial charge < -0.3 is 10.2 Å². The van der Waals surface area contributed by atoms with E-state index in [-0.39, 0.29) is 0 Å². The largest absolute Gasteiger partial charge is 0.309 e. The molecule has 0 bridgehead atoms. The zero-order chi connectivity index (χ0) is 15.7.